The van der Waals surface area contributed by atoms with Gasteiger partial charge in [0, 0.05) is 5.41 Å². The fraction of sp³-hybridized carbons (Fsp3) is 0.417. The van der Waals surface area contributed by atoms with Crippen LogP contribution >= 0.6 is 0 Å². The van der Waals surface area contributed by atoms with Crippen molar-refractivity contribution in [1.82, 2.24) is 0 Å². The van der Waals surface area contributed by atoms with Crippen molar-refractivity contribution in [3.05, 3.63) is 35.4 Å². The molecule has 16 heavy (non-hydrogen) atoms. The molecule has 0 aromatic heterocycles. The number of hydrogen-bond acceptors (Lipinski definition) is 3. The second kappa shape index (κ2) is 4.63. The minimum absolute atomic E-state index is 0.0420. The molecular weight excluding hydrogens is 208 g/mol. The Morgan fingerprint density at radius 3 is 2.56 bits per heavy atom. The first-order valence-electron chi connectivity index (χ1n) is 5.00. The molecule has 4 nitrogen and oxygen atoms in total. The standard InChI is InChI=1S/C12H16O4/c1-12(2,7-13)9-5-3-4-8(6-9)10(14)11(15)16/h3-6,10,13-14H,7H2,1-2H3,(H,15,16). The third kappa shape index (κ3) is 2.59. The molecule has 1 aromatic rings. The number of benzene rings is 1. The van der Waals surface area contributed by atoms with E-state index in [0.29, 0.717) is 5.56 Å². The summed E-state index contributed by atoms with van der Waals surface area (Å²) in [7, 11) is 0. The number of aliphatic hydroxyl groups excluding tert-OH is 2. The third-order valence-corrected chi connectivity index (χ3v) is 2.61. The van der Waals surface area contributed by atoms with E-state index in [9.17, 15) is 15.0 Å². The number of hydrogen-bond donors (Lipinski definition) is 3. The van der Waals surface area contributed by atoms with Crippen molar-refractivity contribution in [3.63, 3.8) is 0 Å². The number of carbonyl (C=O) groups is 1. The molecule has 88 valence electrons. The summed E-state index contributed by atoms with van der Waals surface area (Å²) in [5, 5.41) is 27.3. The summed E-state index contributed by atoms with van der Waals surface area (Å²) in [5.74, 6) is -1.28. The van der Waals surface area contributed by atoms with Crippen molar-refractivity contribution in [2.24, 2.45) is 0 Å². The maximum Gasteiger partial charge on any atom is 0.337 e. The molecule has 1 atom stereocenters. The van der Waals surface area contributed by atoms with E-state index in [2.05, 4.69) is 0 Å². The largest absolute Gasteiger partial charge is 0.479 e. The molecule has 0 amide bonds. The SMILES string of the molecule is CC(C)(CO)c1cccc(C(O)C(=O)O)c1. The lowest BCUT2D eigenvalue weighted by molar-refractivity contribution is -0.146. The van der Waals surface area contributed by atoms with Crippen LogP contribution in [0.25, 0.3) is 0 Å². The molecule has 0 saturated carbocycles. The Bertz CT molecular complexity index is 384. The normalized spacial score (nSPS) is 13.5. The first kappa shape index (κ1) is 12.7. The Labute approximate surface area is 94.2 Å². The predicted molar refractivity (Wildman–Crippen MR) is 59.1 cm³/mol. The zero-order chi connectivity index (χ0) is 12.3. The quantitative estimate of drug-likeness (QED) is 0.715. The Morgan fingerprint density at radius 1 is 1.44 bits per heavy atom. The number of carboxylic acid groups (broad SMARTS) is 1. The van der Waals surface area contributed by atoms with Gasteiger partial charge in [0.05, 0.1) is 6.61 Å². The number of aliphatic hydroxyl groups is 2. The minimum Gasteiger partial charge on any atom is -0.479 e. The highest BCUT2D eigenvalue weighted by atomic mass is 16.4. The molecule has 0 spiro atoms. The van der Waals surface area contributed by atoms with E-state index in [1.165, 1.54) is 0 Å². The van der Waals surface area contributed by atoms with E-state index in [4.69, 9.17) is 5.11 Å². The second-order valence-corrected chi connectivity index (χ2v) is 4.41. The van der Waals surface area contributed by atoms with Crippen molar-refractivity contribution in [2.75, 3.05) is 6.61 Å². The molecule has 1 rings (SSSR count). The minimum atomic E-state index is -1.52. The molecule has 3 N–H and O–H groups in total. The van der Waals surface area contributed by atoms with E-state index < -0.39 is 17.5 Å². The molecule has 0 aliphatic carbocycles. The molecule has 0 saturated heterocycles. The van der Waals surface area contributed by atoms with Crippen molar-refractivity contribution in [1.29, 1.82) is 0 Å². The van der Waals surface area contributed by atoms with E-state index in [0.717, 1.165) is 5.56 Å². The van der Waals surface area contributed by atoms with Crippen LogP contribution in [0, 0.1) is 0 Å². The van der Waals surface area contributed by atoms with Gasteiger partial charge in [0.15, 0.2) is 6.10 Å². The zero-order valence-corrected chi connectivity index (χ0v) is 9.34. The van der Waals surface area contributed by atoms with Crippen LogP contribution in [-0.2, 0) is 10.2 Å². The number of carboxylic acids is 1. The van der Waals surface area contributed by atoms with E-state index >= 15 is 0 Å². The second-order valence-electron chi connectivity index (χ2n) is 4.41. The molecule has 0 bridgehead atoms. The van der Waals surface area contributed by atoms with Crippen LogP contribution in [0.1, 0.15) is 31.1 Å². The average Bonchev–Trinajstić information content (AvgIpc) is 2.28. The summed E-state index contributed by atoms with van der Waals surface area (Å²) in [6.45, 7) is 3.65. The summed E-state index contributed by atoms with van der Waals surface area (Å²) in [6, 6.07) is 6.63. The summed E-state index contributed by atoms with van der Waals surface area (Å²) in [6.07, 6.45) is -1.52. The summed E-state index contributed by atoms with van der Waals surface area (Å²) in [5.41, 5.74) is 0.674. The van der Waals surface area contributed by atoms with Gasteiger partial charge in [-0.05, 0) is 11.1 Å². The topological polar surface area (TPSA) is 77.8 Å². The van der Waals surface area contributed by atoms with Crippen LogP contribution < -0.4 is 0 Å². The monoisotopic (exact) mass is 224 g/mol. The molecular formula is C12H16O4. The highest BCUT2D eigenvalue weighted by Gasteiger charge is 2.22. The molecule has 1 unspecified atom stereocenters. The molecule has 0 fully saturated rings. The van der Waals surface area contributed by atoms with Crippen molar-refractivity contribution < 1.29 is 20.1 Å². The lowest BCUT2D eigenvalue weighted by Gasteiger charge is -2.23. The van der Waals surface area contributed by atoms with Gasteiger partial charge in [-0.2, -0.15) is 0 Å². The van der Waals surface area contributed by atoms with Gasteiger partial charge in [0.1, 0.15) is 0 Å². The van der Waals surface area contributed by atoms with Gasteiger partial charge < -0.3 is 15.3 Å². The molecule has 1 aromatic carbocycles. The van der Waals surface area contributed by atoms with E-state index in [-0.39, 0.29) is 6.61 Å². The Kier molecular flexibility index (Phi) is 3.67. The number of aliphatic carboxylic acids is 1. The summed E-state index contributed by atoms with van der Waals surface area (Å²) >= 11 is 0. The van der Waals surface area contributed by atoms with Gasteiger partial charge in [-0.3, -0.25) is 0 Å². The van der Waals surface area contributed by atoms with Crippen LogP contribution in [0.5, 0.6) is 0 Å². The maximum atomic E-state index is 10.6. The maximum absolute atomic E-state index is 10.6. The van der Waals surface area contributed by atoms with E-state index in [1.54, 1.807) is 24.3 Å². The molecule has 0 aliphatic heterocycles. The van der Waals surface area contributed by atoms with Crippen LogP contribution in [-0.4, -0.2) is 27.9 Å². The summed E-state index contributed by atoms with van der Waals surface area (Å²) in [4.78, 5) is 10.6. The van der Waals surface area contributed by atoms with Gasteiger partial charge in [-0.1, -0.05) is 38.1 Å². The van der Waals surface area contributed by atoms with Crippen LogP contribution in [0.2, 0.25) is 0 Å². The van der Waals surface area contributed by atoms with Gasteiger partial charge in [-0.15, -0.1) is 0 Å². The Hall–Kier alpha value is -1.39. The molecule has 0 radical (unpaired) electrons. The van der Waals surface area contributed by atoms with Crippen molar-refractivity contribution in [3.8, 4) is 0 Å². The molecule has 0 aliphatic rings. The van der Waals surface area contributed by atoms with Gasteiger partial charge in [0.25, 0.3) is 0 Å². The average molecular weight is 224 g/mol. The number of rotatable bonds is 4. The van der Waals surface area contributed by atoms with Crippen molar-refractivity contribution in [2.45, 2.75) is 25.4 Å². The molecule has 0 heterocycles. The van der Waals surface area contributed by atoms with Gasteiger partial charge in [-0.25, -0.2) is 4.79 Å². The fourth-order valence-corrected chi connectivity index (χ4v) is 1.36. The Balaban J connectivity index is 3.09. The van der Waals surface area contributed by atoms with Gasteiger partial charge in [0.2, 0.25) is 0 Å². The first-order valence-corrected chi connectivity index (χ1v) is 5.00. The van der Waals surface area contributed by atoms with E-state index in [1.807, 2.05) is 13.8 Å². The van der Waals surface area contributed by atoms with Crippen LogP contribution in [0.15, 0.2) is 24.3 Å². The van der Waals surface area contributed by atoms with Crippen molar-refractivity contribution >= 4 is 5.97 Å². The third-order valence-electron chi connectivity index (χ3n) is 2.61. The lowest BCUT2D eigenvalue weighted by atomic mass is 9.84. The predicted octanol–water partition coefficient (Wildman–Crippen LogP) is 1.07. The fourth-order valence-electron chi connectivity index (χ4n) is 1.36. The Morgan fingerprint density at radius 2 is 2.06 bits per heavy atom. The lowest BCUT2D eigenvalue weighted by Crippen LogP contribution is -2.22. The van der Waals surface area contributed by atoms with Crippen LogP contribution in [0.3, 0.4) is 0 Å². The highest BCUT2D eigenvalue weighted by molar-refractivity contribution is 5.74. The summed E-state index contributed by atoms with van der Waals surface area (Å²) < 4.78 is 0. The first-order chi connectivity index (χ1) is 7.38. The van der Waals surface area contributed by atoms with Gasteiger partial charge >= 0.3 is 5.97 Å². The highest BCUT2D eigenvalue weighted by Crippen LogP contribution is 2.25. The smallest absolute Gasteiger partial charge is 0.337 e. The molecule has 4 heteroatoms. The zero-order valence-electron chi connectivity index (χ0n) is 9.34. The van der Waals surface area contributed by atoms with Crippen LogP contribution in [0.4, 0.5) is 0 Å².